The lowest BCUT2D eigenvalue weighted by Gasteiger charge is -2.11. The van der Waals surface area contributed by atoms with E-state index in [-0.39, 0.29) is 5.97 Å². The highest BCUT2D eigenvalue weighted by Crippen LogP contribution is 2.38. The summed E-state index contributed by atoms with van der Waals surface area (Å²) in [6, 6.07) is 5.76. The Bertz CT molecular complexity index is 398. The Morgan fingerprint density at radius 2 is 2.27 bits per heavy atom. The molecule has 2 atom stereocenters. The summed E-state index contributed by atoms with van der Waals surface area (Å²) in [6.07, 6.45) is -0.136. The first kappa shape index (κ1) is 10.2. The molecule has 1 aliphatic carbocycles. The topological polar surface area (TPSA) is 46.5 Å². The summed E-state index contributed by atoms with van der Waals surface area (Å²) in [6.45, 7) is 1.99. The molecule has 0 saturated heterocycles. The molecule has 0 bridgehead atoms. The van der Waals surface area contributed by atoms with Crippen LogP contribution in [0.3, 0.4) is 0 Å². The second-order valence-corrected chi connectivity index (χ2v) is 3.92. The first-order valence-electron chi connectivity index (χ1n) is 4.99. The normalized spacial score (nSPS) is 23.7. The van der Waals surface area contributed by atoms with Crippen LogP contribution in [0.2, 0.25) is 0 Å². The number of carbonyl (C=O) groups is 1. The maximum absolute atomic E-state index is 11.4. The number of hydrogen-bond donors (Lipinski definition) is 1. The molecule has 80 valence electrons. The molecule has 1 N–H and O–H groups in total. The third kappa shape index (κ3) is 1.53. The molecule has 0 aromatic heterocycles. The van der Waals surface area contributed by atoms with Crippen molar-refractivity contribution >= 4 is 5.97 Å². The van der Waals surface area contributed by atoms with Gasteiger partial charge >= 0.3 is 5.97 Å². The molecule has 3 heteroatoms. The Hall–Kier alpha value is -1.35. The Morgan fingerprint density at radius 1 is 1.53 bits per heavy atom. The average molecular weight is 206 g/mol. The van der Waals surface area contributed by atoms with Gasteiger partial charge in [0.05, 0.1) is 19.1 Å². The number of ether oxygens (including phenoxy) is 1. The third-order valence-corrected chi connectivity index (χ3v) is 3.07. The summed E-state index contributed by atoms with van der Waals surface area (Å²) in [5.41, 5.74) is 3.07. The Morgan fingerprint density at radius 3 is 2.87 bits per heavy atom. The minimum absolute atomic E-state index is 0.335. The highest BCUT2D eigenvalue weighted by atomic mass is 16.5. The molecule has 15 heavy (non-hydrogen) atoms. The highest BCUT2D eigenvalue weighted by molar-refractivity contribution is 5.75. The van der Waals surface area contributed by atoms with E-state index in [0.717, 1.165) is 16.7 Å². The van der Waals surface area contributed by atoms with Crippen molar-refractivity contribution < 1.29 is 14.6 Å². The molecule has 0 saturated carbocycles. The van der Waals surface area contributed by atoms with E-state index in [2.05, 4.69) is 4.74 Å². The van der Waals surface area contributed by atoms with E-state index in [1.165, 1.54) is 7.11 Å². The molecule has 0 radical (unpaired) electrons. The van der Waals surface area contributed by atoms with Crippen molar-refractivity contribution in [2.75, 3.05) is 7.11 Å². The summed E-state index contributed by atoms with van der Waals surface area (Å²) in [5, 5.41) is 9.97. The Labute approximate surface area is 88.7 Å². The van der Waals surface area contributed by atoms with Crippen LogP contribution in [0.4, 0.5) is 0 Å². The van der Waals surface area contributed by atoms with Crippen LogP contribution in [-0.4, -0.2) is 18.2 Å². The number of fused-ring (bicyclic) bond motifs is 1. The fourth-order valence-corrected chi connectivity index (χ4v) is 2.19. The highest BCUT2D eigenvalue weighted by Gasteiger charge is 2.37. The lowest BCUT2D eigenvalue weighted by molar-refractivity contribution is -0.148. The SMILES string of the molecule is COC(=O)C1Cc2c(C)cccc2C1O. The summed E-state index contributed by atoms with van der Waals surface area (Å²) < 4.78 is 4.68. The van der Waals surface area contributed by atoms with Gasteiger partial charge in [-0.3, -0.25) is 4.79 Å². The molecule has 0 amide bonds. The predicted molar refractivity (Wildman–Crippen MR) is 55.3 cm³/mol. The smallest absolute Gasteiger partial charge is 0.311 e. The van der Waals surface area contributed by atoms with Crippen LogP contribution in [0, 0.1) is 12.8 Å². The number of esters is 1. The molecule has 0 aliphatic heterocycles. The second kappa shape index (κ2) is 3.66. The van der Waals surface area contributed by atoms with Crippen molar-refractivity contribution in [2.24, 2.45) is 5.92 Å². The molecular formula is C12H14O3. The summed E-state index contributed by atoms with van der Waals surface area (Å²) >= 11 is 0. The van der Waals surface area contributed by atoms with E-state index >= 15 is 0 Å². The Kier molecular flexibility index (Phi) is 2.49. The van der Waals surface area contributed by atoms with Gasteiger partial charge < -0.3 is 9.84 Å². The van der Waals surface area contributed by atoms with E-state index in [9.17, 15) is 9.90 Å². The van der Waals surface area contributed by atoms with Crippen molar-refractivity contribution in [3.05, 3.63) is 34.9 Å². The molecule has 3 nitrogen and oxygen atoms in total. The molecule has 0 fully saturated rings. The summed E-state index contributed by atoms with van der Waals surface area (Å²) in [4.78, 5) is 11.4. The standard InChI is InChI=1S/C12H14O3/c1-7-4-3-5-8-9(7)6-10(11(8)13)12(14)15-2/h3-5,10-11,13H,6H2,1-2H3. The number of aliphatic hydroxyl groups excluding tert-OH is 1. The summed E-state index contributed by atoms with van der Waals surface area (Å²) in [7, 11) is 1.35. The van der Waals surface area contributed by atoms with Crippen molar-refractivity contribution in [3.8, 4) is 0 Å². The van der Waals surface area contributed by atoms with E-state index in [1.807, 2.05) is 25.1 Å². The fourth-order valence-electron chi connectivity index (χ4n) is 2.19. The maximum atomic E-state index is 11.4. The molecule has 2 unspecified atom stereocenters. The molecule has 1 aliphatic rings. The minimum atomic E-state index is -0.715. The van der Waals surface area contributed by atoms with Gasteiger partial charge in [0.2, 0.25) is 0 Å². The Balaban J connectivity index is 2.37. The quantitative estimate of drug-likeness (QED) is 0.706. The molecule has 2 rings (SSSR count). The predicted octanol–water partition coefficient (Wildman–Crippen LogP) is 1.37. The summed E-state index contributed by atoms with van der Waals surface area (Å²) in [5.74, 6) is -0.774. The minimum Gasteiger partial charge on any atom is -0.469 e. The number of methoxy groups -OCH3 is 1. The zero-order chi connectivity index (χ0) is 11.0. The molecule has 0 spiro atoms. The first-order chi connectivity index (χ1) is 7.15. The van der Waals surface area contributed by atoms with Gasteiger partial charge in [0.25, 0.3) is 0 Å². The van der Waals surface area contributed by atoms with Gasteiger partial charge in [-0.25, -0.2) is 0 Å². The molecule has 1 aromatic carbocycles. The molecule has 1 aromatic rings. The zero-order valence-electron chi connectivity index (χ0n) is 8.86. The van der Waals surface area contributed by atoms with Gasteiger partial charge in [0, 0.05) is 0 Å². The van der Waals surface area contributed by atoms with Crippen LogP contribution in [0.1, 0.15) is 22.8 Å². The van der Waals surface area contributed by atoms with Crippen LogP contribution in [0.5, 0.6) is 0 Å². The average Bonchev–Trinajstić information content (AvgIpc) is 2.57. The van der Waals surface area contributed by atoms with Crippen LogP contribution >= 0.6 is 0 Å². The van der Waals surface area contributed by atoms with Crippen molar-refractivity contribution in [3.63, 3.8) is 0 Å². The number of hydrogen-bond acceptors (Lipinski definition) is 3. The zero-order valence-corrected chi connectivity index (χ0v) is 8.86. The molecular weight excluding hydrogens is 192 g/mol. The van der Waals surface area contributed by atoms with Crippen LogP contribution in [0.25, 0.3) is 0 Å². The van der Waals surface area contributed by atoms with Gasteiger partial charge in [-0.1, -0.05) is 18.2 Å². The third-order valence-electron chi connectivity index (χ3n) is 3.07. The number of aliphatic hydroxyl groups is 1. The van der Waals surface area contributed by atoms with E-state index in [1.54, 1.807) is 0 Å². The van der Waals surface area contributed by atoms with Crippen molar-refractivity contribution in [2.45, 2.75) is 19.4 Å². The van der Waals surface area contributed by atoms with Crippen molar-refractivity contribution in [1.29, 1.82) is 0 Å². The van der Waals surface area contributed by atoms with E-state index in [4.69, 9.17) is 0 Å². The van der Waals surface area contributed by atoms with Gasteiger partial charge in [-0.05, 0) is 30.0 Å². The largest absolute Gasteiger partial charge is 0.469 e. The van der Waals surface area contributed by atoms with Crippen LogP contribution in [0.15, 0.2) is 18.2 Å². The first-order valence-corrected chi connectivity index (χ1v) is 4.99. The van der Waals surface area contributed by atoms with Crippen LogP contribution < -0.4 is 0 Å². The van der Waals surface area contributed by atoms with Gasteiger partial charge in [-0.15, -0.1) is 0 Å². The monoisotopic (exact) mass is 206 g/mol. The van der Waals surface area contributed by atoms with Gasteiger partial charge in [0.1, 0.15) is 0 Å². The van der Waals surface area contributed by atoms with Gasteiger partial charge in [-0.2, -0.15) is 0 Å². The fraction of sp³-hybridized carbons (Fsp3) is 0.417. The van der Waals surface area contributed by atoms with E-state index in [0.29, 0.717) is 6.42 Å². The lowest BCUT2D eigenvalue weighted by atomic mass is 10.0. The number of carbonyl (C=O) groups excluding carboxylic acids is 1. The van der Waals surface area contributed by atoms with Gasteiger partial charge in [0.15, 0.2) is 0 Å². The van der Waals surface area contributed by atoms with Crippen LogP contribution in [-0.2, 0) is 16.0 Å². The number of benzene rings is 1. The molecule has 0 heterocycles. The maximum Gasteiger partial charge on any atom is 0.311 e. The van der Waals surface area contributed by atoms with E-state index < -0.39 is 12.0 Å². The van der Waals surface area contributed by atoms with Crippen molar-refractivity contribution in [1.82, 2.24) is 0 Å². The lowest BCUT2D eigenvalue weighted by Crippen LogP contribution is -2.20. The number of rotatable bonds is 1. The second-order valence-electron chi connectivity index (χ2n) is 3.92. The number of aryl methyl sites for hydroxylation is 1.